The molecule has 0 aliphatic heterocycles. The molecular weight excluding hydrogens is 356 g/mol. The van der Waals surface area contributed by atoms with Crippen molar-refractivity contribution in [3.63, 3.8) is 0 Å². The zero-order chi connectivity index (χ0) is 15.1. The minimum absolute atomic E-state index is 0.0553. The lowest BCUT2D eigenvalue weighted by molar-refractivity contribution is 0.653. The molecule has 0 atom stereocenters. The van der Waals surface area contributed by atoms with Gasteiger partial charge >= 0.3 is 0 Å². The molecule has 0 unspecified atom stereocenters. The van der Waals surface area contributed by atoms with E-state index in [1.54, 1.807) is 10.6 Å². The van der Waals surface area contributed by atoms with Crippen molar-refractivity contribution >= 4 is 49.3 Å². The van der Waals surface area contributed by atoms with Crippen LogP contribution in [0.2, 0.25) is 5.02 Å². The summed E-state index contributed by atoms with van der Waals surface area (Å²) in [7, 11) is 0. The van der Waals surface area contributed by atoms with Crippen LogP contribution in [0.25, 0.3) is 21.8 Å². The van der Waals surface area contributed by atoms with Crippen molar-refractivity contribution < 1.29 is 0 Å². The second-order valence-electron chi connectivity index (χ2n) is 4.96. The Kier molecular flexibility index (Phi) is 3.77. The molecule has 0 fully saturated rings. The highest BCUT2D eigenvalue weighted by Gasteiger charge is 2.17. The number of benzene rings is 1. The van der Waals surface area contributed by atoms with Crippen molar-refractivity contribution in [1.82, 2.24) is 14.8 Å². The van der Waals surface area contributed by atoms with E-state index in [4.69, 9.17) is 17.3 Å². The highest BCUT2D eigenvalue weighted by molar-refractivity contribution is 9.10. The molecule has 0 radical (unpaired) electrons. The van der Waals surface area contributed by atoms with Crippen LogP contribution in [0.4, 0.5) is 0 Å². The number of nitrogens with zero attached hydrogens (tertiary/aromatic N) is 2. The van der Waals surface area contributed by atoms with Crippen molar-refractivity contribution in [2.75, 3.05) is 6.54 Å². The molecule has 0 saturated heterocycles. The number of nitrogens with one attached hydrogen (secondary N) is 1. The summed E-state index contributed by atoms with van der Waals surface area (Å²) in [5.41, 5.74) is 7.75. The first-order valence-corrected chi connectivity index (χ1v) is 7.78. The van der Waals surface area contributed by atoms with E-state index < -0.39 is 0 Å². The Bertz CT molecular complexity index is 899. The third-order valence-electron chi connectivity index (χ3n) is 3.55. The van der Waals surface area contributed by atoms with Crippen molar-refractivity contribution in [3.05, 3.63) is 37.7 Å². The number of pyridine rings is 1. The molecule has 0 aliphatic carbocycles. The van der Waals surface area contributed by atoms with Gasteiger partial charge in [-0.1, -0.05) is 11.6 Å². The molecule has 5 nitrogen and oxygen atoms in total. The molecule has 7 heteroatoms. The molecule has 1 aromatic carbocycles. The summed E-state index contributed by atoms with van der Waals surface area (Å²) in [4.78, 5) is 12.8. The number of rotatable bonds is 3. The summed E-state index contributed by atoms with van der Waals surface area (Å²) in [6, 6.07) is 3.62. The Labute approximate surface area is 134 Å². The fourth-order valence-corrected chi connectivity index (χ4v) is 3.63. The molecule has 3 rings (SSSR count). The van der Waals surface area contributed by atoms with Crippen molar-refractivity contribution in [3.8, 4) is 0 Å². The summed E-state index contributed by atoms with van der Waals surface area (Å²) >= 11 is 9.66. The number of aromatic nitrogens is 3. The second kappa shape index (κ2) is 5.44. The summed E-state index contributed by atoms with van der Waals surface area (Å²) in [6.45, 7) is 2.93. The normalized spacial score (nSPS) is 11.6. The van der Waals surface area contributed by atoms with Crippen molar-refractivity contribution in [2.24, 2.45) is 5.73 Å². The zero-order valence-electron chi connectivity index (χ0n) is 11.4. The minimum Gasteiger partial charge on any atom is -0.330 e. The van der Waals surface area contributed by atoms with E-state index in [0.717, 1.165) is 27.5 Å². The van der Waals surface area contributed by atoms with Crippen LogP contribution < -0.4 is 11.3 Å². The Balaban J connectivity index is 2.53. The predicted octanol–water partition coefficient (Wildman–Crippen LogP) is 2.95. The van der Waals surface area contributed by atoms with Gasteiger partial charge in [-0.25, -0.2) is 0 Å². The molecule has 0 spiro atoms. The Morgan fingerprint density at radius 1 is 1.48 bits per heavy atom. The predicted molar refractivity (Wildman–Crippen MR) is 89.0 cm³/mol. The maximum Gasteiger partial charge on any atom is 0.262 e. The van der Waals surface area contributed by atoms with Gasteiger partial charge in [0.1, 0.15) is 5.52 Å². The van der Waals surface area contributed by atoms with Gasteiger partial charge in [0.15, 0.2) is 0 Å². The standard InChI is InChI=1S/C14H14BrClN4O/c1-7-11-12(19-18-7)9-5-8(16)6-10(15)13(9)20(14(11)21)4-2-3-17/h5-6H,2-4,17H2,1H3,(H,18,19). The van der Waals surface area contributed by atoms with Crippen LogP contribution in [0.3, 0.4) is 0 Å². The largest absolute Gasteiger partial charge is 0.330 e. The van der Waals surface area contributed by atoms with Gasteiger partial charge in [0, 0.05) is 27.1 Å². The molecule has 3 aromatic rings. The number of aromatic amines is 1. The lowest BCUT2D eigenvalue weighted by Crippen LogP contribution is -2.22. The quantitative estimate of drug-likeness (QED) is 0.745. The number of hydrogen-bond donors (Lipinski definition) is 2. The van der Waals surface area contributed by atoms with Gasteiger partial charge in [-0.3, -0.25) is 9.89 Å². The fourth-order valence-electron chi connectivity index (χ4n) is 2.61. The highest BCUT2D eigenvalue weighted by Crippen LogP contribution is 2.31. The van der Waals surface area contributed by atoms with Crippen LogP contribution in [0.1, 0.15) is 12.1 Å². The van der Waals surface area contributed by atoms with Crippen LogP contribution >= 0.6 is 27.5 Å². The third-order valence-corrected chi connectivity index (χ3v) is 4.37. The van der Waals surface area contributed by atoms with Crippen molar-refractivity contribution in [1.29, 1.82) is 0 Å². The summed E-state index contributed by atoms with van der Waals surface area (Å²) in [6.07, 6.45) is 0.729. The van der Waals surface area contributed by atoms with Gasteiger partial charge in [-0.2, -0.15) is 5.10 Å². The lowest BCUT2D eigenvalue weighted by Gasteiger charge is -2.12. The summed E-state index contributed by atoms with van der Waals surface area (Å²) < 4.78 is 2.52. The molecule has 3 N–H and O–H groups in total. The third kappa shape index (κ3) is 2.27. The molecule has 0 amide bonds. The number of hydrogen-bond acceptors (Lipinski definition) is 3. The van der Waals surface area contributed by atoms with Gasteiger partial charge in [0.2, 0.25) is 0 Å². The first-order valence-electron chi connectivity index (χ1n) is 6.61. The van der Waals surface area contributed by atoms with Gasteiger partial charge in [0.05, 0.1) is 10.9 Å². The van der Waals surface area contributed by atoms with E-state index in [2.05, 4.69) is 26.1 Å². The molecule has 110 valence electrons. The number of H-pyrrole nitrogens is 1. The van der Waals surface area contributed by atoms with Gasteiger partial charge in [0.25, 0.3) is 5.56 Å². The molecule has 2 aromatic heterocycles. The van der Waals surface area contributed by atoms with Crippen LogP contribution in [-0.4, -0.2) is 21.3 Å². The molecule has 2 heterocycles. The van der Waals surface area contributed by atoms with Crippen LogP contribution in [0, 0.1) is 6.92 Å². The topological polar surface area (TPSA) is 76.7 Å². The minimum atomic E-state index is -0.0553. The average Bonchev–Trinajstić information content (AvgIpc) is 2.82. The maximum atomic E-state index is 12.8. The Morgan fingerprint density at radius 3 is 2.95 bits per heavy atom. The molecule has 21 heavy (non-hydrogen) atoms. The molecular formula is C14H14BrClN4O. The molecule has 0 aliphatic rings. The number of aryl methyl sites for hydroxylation is 2. The lowest BCUT2D eigenvalue weighted by atomic mass is 10.1. The first-order chi connectivity index (χ1) is 10.0. The van der Waals surface area contributed by atoms with Gasteiger partial charge in [-0.15, -0.1) is 0 Å². The monoisotopic (exact) mass is 368 g/mol. The summed E-state index contributed by atoms with van der Waals surface area (Å²) in [5.74, 6) is 0. The van der Waals surface area contributed by atoms with E-state index in [1.807, 2.05) is 13.0 Å². The SMILES string of the molecule is Cc1[nH]nc2c1c(=O)n(CCCN)c1c(Br)cc(Cl)cc21. The van der Waals surface area contributed by atoms with Crippen molar-refractivity contribution in [2.45, 2.75) is 19.9 Å². The van der Waals surface area contributed by atoms with Gasteiger partial charge < -0.3 is 10.3 Å². The fraction of sp³-hybridized carbons (Fsp3) is 0.286. The average molecular weight is 370 g/mol. The maximum absolute atomic E-state index is 12.8. The molecule has 0 bridgehead atoms. The van der Waals surface area contributed by atoms with E-state index in [0.29, 0.717) is 29.0 Å². The summed E-state index contributed by atoms with van der Waals surface area (Å²) in [5, 5.41) is 9.21. The first kappa shape index (κ1) is 14.6. The van der Waals surface area contributed by atoms with Gasteiger partial charge in [-0.05, 0) is 48.0 Å². The van der Waals surface area contributed by atoms with E-state index in [-0.39, 0.29) is 5.56 Å². The Hall–Kier alpha value is -1.37. The Morgan fingerprint density at radius 2 is 2.24 bits per heavy atom. The van der Waals surface area contributed by atoms with Crippen LogP contribution in [0.5, 0.6) is 0 Å². The zero-order valence-corrected chi connectivity index (χ0v) is 13.8. The van der Waals surface area contributed by atoms with Crippen LogP contribution in [0.15, 0.2) is 21.4 Å². The number of fused-ring (bicyclic) bond motifs is 3. The van der Waals surface area contributed by atoms with E-state index >= 15 is 0 Å². The second-order valence-corrected chi connectivity index (χ2v) is 6.25. The number of halogens is 2. The van der Waals surface area contributed by atoms with Crippen LogP contribution in [-0.2, 0) is 6.54 Å². The highest BCUT2D eigenvalue weighted by atomic mass is 79.9. The van der Waals surface area contributed by atoms with E-state index in [1.165, 1.54) is 0 Å². The number of nitrogens with two attached hydrogens (primary N) is 1. The van der Waals surface area contributed by atoms with E-state index in [9.17, 15) is 4.79 Å². The molecule has 0 saturated carbocycles. The smallest absolute Gasteiger partial charge is 0.262 e.